The van der Waals surface area contributed by atoms with Crippen LogP contribution in [0.1, 0.15) is 27.7 Å². The van der Waals surface area contributed by atoms with Crippen LogP contribution >= 0.6 is 11.3 Å². The Balaban J connectivity index is 1.36. The largest absolute Gasteiger partial charge is 0.329 e. The zero-order valence-electron chi connectivity index (χ0n) is 13.5. The van der Waals surface area contributed by atoms with Crippen molar-refractivity contribution in [3.05, 3.63) is 39.7 Å². The topological polar surface area (TPSA) is 60.6 Å². The third-order valence-electron chi connectivity index (χ3n) is 4.82. The summed E-state index contributed by atoms with van der Waals surface area (Å²) in [5.74, 6) is 0.959. The van der Waals surface area contributed by atoms with Gasteiger partial charge in [0.05, 0.1) is 22.9 Å². The molecule has 1 N–H and O–H groups in total. The maximum Gasteiger partial charge on any atom is 0.160 e. The van der Waals surface area contributed by atoms with Gasteiger partial charge in [-0.05, 0) is 25.3 Å². The van der Waals surface area contributed by atoms with Crippen molar-refractivity contribution < 1.29 is 0 Å². The van der Waals surface area contributed by atoms with E-state index >= 15 is 0 Å². The first-order valence-electron chi connectivity index (χ1n) is 8.63. The molecule has 0 unspecified atom stereocenters. The van der Waals surface area contributed by atoms with Gasteiger partial charge < -0.3 is 9.88 Å². The number of thiazole rings is 1. The average Bonchev–Trinajstić information content (AvgIpc) is 3.33. The van der Waals surface area contributed by atoms with Crippen molar-refractivity contribution in [2.24, 2.45) is 0 Å². The summed E-state index contributed by atoms with van der Waals surface area (Å²) in [4.78, 5) is 10.8. The monoisotopic (exact) mass is 340 g/mol. The molecule has 1 aliphatic carbocycles. The number of nitrogens with one attached hydrogen (secondary N) is 1. The van der Waals surface area contributed by atoms with Gasteiger partial charge in [0.25, 0.3) is 0 Å². The molecule has 3 aromatic heterocycles. The molecule has 0 atom stereocenters. The van der Waals surface area contributed by atoms with Crippen LogP contribution < -0.4 is 5.32 Å². The van der Waals surface area contributed by atoms with Crippen LogP contribution in [0.15, 0.2) is 18.5 Å². The van der Waals surface area contributed by atoms with E-state index in [4.69, 9.17) is 10.1 Å². The van der Waals surface area contributed by atoms with E-state index in [1.165, 1.54) is 34.1 Å². The maximum absolute atomic E-state index is 4.80. The lowest BCUT2D eigenvalue weighted by molar-refractivity contribution is 0.476. The van der Waals surface area contributed by atoms with Crippen molar-refractivity contribution in [2.45, 2.75) is 45.3 Å². The Hall–Kier alpha value is -1.99. The standard InChI is InChI=1S/C17H20N6S/c1-2-13-15(3-1)24-16(20-13)4-7-22-8-6-19-17(22)14-10-12-11-18-5-9-23(12)21-14/h6,8,10,18H,1-5,7,9,11H2. The van der Waals surface area contributed by atoms with E-state index in [1.54, 1.807) is 0 Å². The molecular formula is C17H20N6S. The van der Waals surface area contributed by atoms with Crippen molar-refractivity contribution in [3.63, 3.8) is 0 Å². The average molecular weight is 340 g/mol. The number of hydrogen-bond donors (Lipinski definition) is 1. The predicted octanol–water partition coefficient (Wildman–Crippen LogP) is 2.04. The van der Waals surface area contributed by atoms with E-state index in [-0.39, 0.29) is 0 Å². The Morgan fingerprint density at radius 3 is 3.21 bits per heavy atom. The van der Waals surface area contributed by atoms with Gasteiger partial charge in [-0.2, -0.15) is 5.10 Å². The summed E-state index contributed by atoms with van der Waals surface area (Å²) in [5, 5.41) is 9.37. The van der Waals surface area contributed by atoms with Gasteiger partial charge in [0.15, 0.2) is 5.82 Å². The lowest BCUT2D eigenvalue weighted by Crippen LogP contribution is -2.28. The van der Waals surface area contributed by atoms with Gasteiger partial charge in [-0.1, -0.05) is 0 Å². The maximum atomic E-state index is 4.80. The zero-order valence-corrected chi connectivity index (χ0v) is 14.3. The molecule has 5 rings (SSSR count). The number of aryl methyl sites for hydroxylation is 4. The minimum atomic E-state index is 0.887. The molecule has 0 amide bonds. The highest BCUT2D eigenvalue weighted by Crippen LogP contribution is 2.28. The molecule has 2 aliphatic rings. The van der Waals surface area contributed by atoms with Crippen molar-refractivity contribution in [2.75, 3.05) is 6.54 Å². The smallest absolute Gasteiger partial charge is 0.160 e. The summed E-state index contributed by atoms with van der Waals surface area (Å²) in [5.41, 5.74) is 3.55. The summed E-state index contributed by atoms with van der Waals surface area (Å²) < 4.78 is 4.30. The van der Waals surface area contributed by atoms with Crippen LogP contribution in [0.2, 0.25) is 0 Å². The molecular weight excluding hydrogens is 320 g/mol. The second kappa shape index (κ2) is 5.82. The fourth-order valence-electron chi connectivity index (χ4n) is 3.59. The molecule has 6 nitrogen and oxygen atoms in total. The molecule has 24 heavy (non-hydrogen) atoms. The molecule has 0 bridgehead atoms. The number of nitrogens with zero attached hydrogens (tertiary/aromatic N) is 5. The molecule has 0 radical (unpaired) electrons. The molecule has 0 saturated heterocycles. The van der Waals surface area contributed by atoms with Gasteiger partial charge in [-0.15, -0.1) is 11.3 Å². The highest BCUT2D eigenvalue weighted by atomic mass is 32.1. The van der Waals surface area contributed by atoms with Crippen molar-refractivity contribution in [3.8, 4) is 11.5 Å². The summed E-state index contributed by atoms with van der Waals surface area (Å²) in [6, 6.07) is 2.16. The van der Waals surface area contributed by atoms with Crippen LogP contribution in [0, 0.1) is 0 Å². The number of aromatic nitrogens is 5. The van der Waals surface area contributed by atoms with Crippen LogP contribution in [0.4, 0.5) is 0 Å². The van der Waals surface area contributed by atoms with Gasteiger partial charge in [0, 0.05) is 43.3 Å². The summed E-state index contributed by atoms with van der Waals surface area (Å²) in [6.45, 7) is 3.71. The SMILES string of the molecule is c1cn(CCc2nc3c(s2)CCC3)c(-c2cc3n(n2)CCNC3)n1. The van der Waals surface area contributed by atoms with Gasteiger partial charge in [-0.3, -0.25) is 4.68 Å². The van der Waals surface area contributed by atoms with Gasteiger partial charge in [-0.25, -0.2) is 9.97 Å². The van der Waals surface area contributed by atoms with E-state index in [9.17, 15) is 0 Å². The summed E-state index contributed by atoms with van der Waals surface area (Å²) >= 11 is 1.89. The van der Waals surface area contributed by atoms with Crippen LogP contribution in [-0.2, 0) is 38.9 Å². The first-order chi connectivity index (χ1) is 11.9. The fourth-order valence-corrected chi connectivity index (χ4v) is 4.74. The zero-order chi connectivity index (χ0) is 15.9. The first kappa shape index (κ1) is 14.4. The van der Waals surface area contributed by atoms with Crippen molar-refractivity contribution >= 4 is 11.3 Å². The first-order valence-corrected chi connectivity index (χ1v) is 9.45. The highest BCUT2D eigenvalue weighted by Gasteiger charge is 2.18. The molecule has 1 aliphatic heterocycles. The minimum absolute atomic E-state index is 0.887. The van der Waals surface area contributed by atoms with E-state index in [0.29, 0.717) is 0 Å². The lowest BCUT2D eigenvalue weighted by atomic mass is 10.3. The molecule has 0 fully saturated rings. The number of rotatable bonds is 4. The van der Waals surface area contributed by atoms with Crippen LogP contribution in [0.25, 0.3) is 11.5 Å². The Labute approximate surface area is 144 Å². The second-order valence-electron chi connectivity index (χ2n) is 6.45. The summed E-state index contributed by atoms with van der Waals surface area (Å²) in [6.07, 6.45) is 8.55. The Kier molecular flexibility index (Phi) is 3.48. The molecule has 124 valence electrons. The van der Waals surface area contributed by atoms with Crippen LogP contribution in [-0.4, -0.2) is 30.9 Å². The van der Waals surface area contributed by atoms with Crippen molar-refractivity contribution in [1.29, 1.82) is 0 Å². The van der Waals surface area contributed by atoms with E-state index in [1.807, 2.05) is 23.7 Å². The molecule has 0 saturated carbocycles. The van der Waals surface area contributed by atoms with E-state index in [2.05, 4.69) is 25.6 Å². The lowest BCUT2D eigenvalue weighted by Gasteiger charge is -2.13. The Morgan fingerprint density at radius 2 is 2.29 bits per heavy atom. The van der Waals surface area contributed by atoms with E-state index in [0.717, 1.165) is 50.5 Å². The van der Waals surface area contributed by atoms with Gasteiger partial charge in [0.2, 0.25) is 0 Å². The Morgan fingerprint density at radius 1 is 1.29 bits per heavy atom. The van der Waals surface area contributed by atoms with Gasteiger partial charge in [0.1, 0.15) is 5.69 Å². The van der Waals surface area contributed by atoms with Gasteiger partial charge >= 0.3 is 0 Å². The number of imidazole rings is 1. The number of hydrogen-bond acceptors (Lipinski definition) is 5. The minimum Gasteiger partial charge on any atom is -0.329 e. The van der Waals surface area contributed by atoms with Crippen LogP contribution in [0.3, 0.4) is 0 Å². The Bertz CT molecular complexity index is 829. The molecule has 0 spiro atoms. The third-order valence-corrected chi connectivity index (χ3v) is 6.04. The quantitative estimate of drug-likeness (QED) is 0.789. The molecule has 0 aromatic carbocycles. The number of fused-ring (bicyclic) bond motifs is 2. The highest BCUT2D eigenvalue weighted by molar-refractivity contribution is 7.11. The molecule has 4 heterocycles. The fraction of sp³-hybridized carbons (Fsp3) is 0.471. The molecule has 7 heteroatoms. The molecule has 3 aromatic rings. The third kappa shape index (κ3) is 2.48. The normalized spacial score (nSPS) is 16.3. The van der Waals surface area contributed by atoms with E-state index < -0.39 is 0 Å². The summed E-state index contributed by atoms with van der Waals surface area (Å²) in [7, 11) is 0. The second-order valence-corrected chi connectivity index (χ2v) is 7.61. The van der Waals surface area contributed by atoms with Crippen LogP contribution in [0.5, 0.6) is 0 Å². The van der Waals surface area contributed by atoms with Crippen molar-refractivity contribution in [1.82, 2.24) is 29.6 Å². The predicted molar refractivity (Wildman–Crippen MR) is 93.0 cm³/mol.